The number of nitrogens with zero attached hydrogens (tertiary/aromatic N) is 2. The molecule has 252 valence electrons. The maximum atomic E-state index is 13.3. The lowest BCUT2D eigenvalue weighted by Gasteiger charge is -2.35. The Bertz CT molecular complexity index is 1620. The van der Waals surface area contributed by atoms with Gasteiger partial charge < -0.3 is 15.0 Å². The monoisotopic (exact) mass is 657 g/mol. The van der Waals surface area contributed by atoms with E-state index in [1.807, 2.05) is 30.3 Å². The van der Waals surface area contributed by atoms with Gasteiger partial charge in [0.25, 0.3) is 5.91 Å². The molecule has 1 fully saturated rings. The van der Waals surface area contributed by atoms with Gasteiger partial charge in [-0.15, -0.1) is 0 Å². The van der Waals surface area contributed by atoms with Crippen LogP contribution in [0.2, 0.25) is 0 Å². The lowest BCUT2D eigenvalue weighted by atomic mass is 9.72. The van der Waals surface area contributed by atoms with Crippen LogP contribution in [0, 0.1) is 0 Å². The van der Waals surface area contributed by atoms with Crippen molar-refractivity contribution in [2.45, 2.75) is 69.7 Å². The van der Waals surface area contributed by atoms with Crippen molar-refractivity contribution in [1.82, 2.24) is 15.2 Å². The summed E-state index contributed by atoms with van der Waals surface area (Å²) in [7, 11) is 0. The average molecular weight is 658 g/mol. The second kappa shape index (κ2) is 16.1. The zero-order valence-electron chi connectivity index (χ0n) is 27.2. The number of aromatic nitrogens is 1. The summed E-state index contributed by atoms with van der Waals surface area (Å²) in [6.45, 7) is 4.92. The molecule has 1 aromatic heterocycles. The van der Waals surface area contributed by atoms with Gasteiger partial charge in [-0.2, -0.15) is 13.2 Å². The van der Waals surface area contributed by atoms with Crippen LogP contribution in [0.25, 0.3) is 11.1 Å². The number of rotatable bonds is 13. The van der Waals surface area contributed by atoms with Gasteiger partial charge in [-0.1, -0.05) is 67.6 Å². The predicted octanol–water partition coefficient (Wildman–Crippen LogP) is 8.22. The molecule has 9 heteroatoms. The normalized spacial score (nSPS) is 15.4. The minimum absolute atomic E-state index is 0.00336. The minimum Gasteiger partial charge on any atom is -0.461 e. The standard InChI is InChI=1S/C39H42F3N3O3/c1-2-38(31-9-4-3-5-10-31,27-36(46)48-28-29-17-22-43-23-18-29)21-8-24-45-25-19-33(20-26-45)44-37(47)35-12-7-6-11-34(35)30-13-15-32(16-14-30)39(40,41)42/h3-7,9-18,22-23,33H,2,8,19-21,24-28H2,1H3,(H,44,47). The topological polar surface area (TPSA) is 71.5 Å². The summed E-state index contributed by atoms with van der Waals surface area (Å²) in [6, 6.07) is 25.8. The van der Waals surface area contributed by atoms with Crippen LogP contribution in [0.3, 0.4) is 0 Å². The van der Waals surface area contributed by atoms with E-state index in [-0.39, 0.29) is 29.9 Å². The van der Waals surface area contributed by atoms with Gasteiger partial charge in [0.15, 0.2) is 0 Å². The molecule has 1 unspecified atom stereocenters. The zero-order chi connectivity index (χ0) is 34.0. The highest BCUT2D eigenvalue weighted by Gasteiger charge is 2.34. The first-order valence-corrected chi connectivity index (χ1v) is 16.6. The number of halogens is 3. The van der Waals surface area contributed by atoms with Crippen LogP contribution >= 0.6 is 0 Å². The SMILES string of the molecule is CCC(CCCN1CCC(NC(=O)c2ccccc2-c2ccc(C(F)(F)F)cc2)CC1)(CC(=O)OCc1ccncc1)c1ccccc1. The molecule has 5 rings (SSSR count). The molecule has 0 aliphatic carbocycles. The summed E-state index contributed by atoms with van der Waals surface area (Å²) < 4.78 is 44.9. The smallest absolute Gasteiger partial charge is 0.416 e. The molecule has 0 bridgehead atoms. The molecular formula is C39H42F3N3O3. The van der Waals surface area contributed by atoms with Crippen molar-refractivity contribution < 1.29 is 27.5 Å². The summed E-state index contributed by atoms with van der Waals surface area (Å²) in [5, 5.41) is 3.16. The summed E-state index contributed by atoms with van der Waals surface area (Å²) in [4.78, 5) is 32.8. The molecular weight excluding hydrogens is 615 g/mol. The predicted molar refractivity (Wildman–Crippen MR) is 180 cm³/mol. The van der Waals surface area contributed by atoms with Crippen LogP contribution in [0.5, 0.6) is 0 Å². The molecule has 1 aliphatic rings. The van der Waals surface area contributed by atoms with Crippen molar-refractivity contribution in [1.29, 1.82) is 0 Å². The summed E-state index contributed by atoms with van der Waals surface area (Å²) >= 11 is 0. The molecule has 0 radical (unpaired) electrons. The fourth-order valence-electron chi connectivity index (χ4n) is 6.58. The Morgan fingerprint density at radius 1 is 0.875 bits per heavy atom. The van der Waals surface area contributed by atoms with Gasteiger partial charge in [0, 0.05) is 42.5 Å². The second-order valence-corrected chi connectivity index (χ2v) is 12.5. The van der Waals surface area contributed by atoms with Crippen molar-refractivity contribution in [2.24, 2.45) is 0 Å². The Hall–Kier alpha value is -4.50. The van der Waals surface area contributed by atoms with E-state index < -0.39 is 11.7 Å². The number of ether oxygens (including phenoxy) is 1. The molecule has 0 spiro atoms. The van der Waals surface area contributed by atoms with Crippen molar-refractivity contribution in [3.8, 4) is 11.1 Å². The molecule has 2 heterocycles. The number of benzene rings is 3. The third kappa shape index (κ3) is 9.10. The van der Waals surface area contributed by atoms with E-state index in [1.165, 1.54) is 12.1 Å². The first-order chi connectivity index (χ1) is 23.2. The minimum atomic E-state index is -4.42. The molecule has 1 atom stereocenters. The third-order valence-corrected chi connectivity index (χ3v) is 9.44. The molecule has 3 aromatic carbocycles. The summed E-state index contributed by atoms with van der Waals surface area (Å²) in [6.07, 6.45) is 3.43. The van der Waals surface area contributed by atoms with Gasteiger partial charge >= 0.3 is 12.1 Å². The highest BCUT2D eigenvalue weighted by molar-refractivity contribution is 6.01. The van der Waals surface area contributed by atoms with Crippen LogP contribution in [0.15, 0.2) is 103 Å². The molecule has 48 heavy (non-hydrogen) atoms. The number of nitrogens with one attached hydrogen (secondary N) is 1. The molecule has 1 aliphatic heterocycles. The number of esters is 1. The highest BCUT2D eigenvalue weighted by Crippen LogP contribution is 2.37. The summed E-state index contributed by atoms with van der Waals surface area (Å²) in [5.41, 5.74) is 2.60. The third-order valence-electron chi connectivity index (χ3n) is 9.44. The fraction of sp³-hybridized carbons (Fsp3) is 0.359. The Morgan fingerprint density at radius 2 is 1.54 bits per heavy atom. The van der Waals surface area contributed by atoms with Crippen LogP contribution in [-0.2, 0) is 27.7 Å². The Kier molecular flexibility index (Phi) is 11.7. The van der Waals surface area contributed by atoms with Gasteiger partial charge in [0.1, 0.15) is 6.61 Å². The van der Waals surface area contributed by atoms with Crippen LogP contribution in [0.1, 0.15) is 72.5 Å². The molecule has 1 N–H and O–H groups in total. The van der Waals surface area contributed by atoms with Crippen LogP contribution in [-0.4, -0.2) is 47.4 Å². The van der Waals surface area contributed by atoms with Gasteiger partial charge in [-0.3, -0.25) is 14.6 Å². The number of piperidine rings is 1. The van der Waals surface area contributed by atoms with E-state index in [9.17, 15) is 22.8 Å². The number of alkyl halides is 3. The van der Waals surface area contributed by atoms with Crippen LogP contribution in [0.4, 0.5) is 13.2 Å². The van der Waals surface area contributed by atoms with E-state index in [0.29, 0.717) is 23.1 Å². The zero-order valence-corrected chi connectivity index (χ0v) is 27.2. The van der Waals surface area contributed by atoms with Crippen molar-refractivity contribution in [3.63, 3.8) is 0 Å². The van der Waals surface area contributed by atoms with E-state index in [2.05, 4.69) is 34.3 Å². The lowest BCUT2D eigenvalue weighted by Crippen LogP contribution is -2.45. The molecule has 1 saturated heterocycles. The number of hydrogen-bond donors (Lipinski definition) is 1. The highest BCUT2D eigenvalue weighted by atomic mass is 19.4. The van der Waals surface area contributed by atoms with Crippen molar-refractivity contribution in [2.75, 3.05) is 19.6 Å². The van der Waals surface area contributed by atoms with E-state index >= 15 is 0 Å². The molecule has 0 saturated carbocycles. The molecule has 6 nitrogen and oxygen atoms in total. The molecule has 1 amide bonds. The first-order valence-electron chi connectivity index (χ1n) is 16.6. The fourth-order valence-corrected chi connectivity index (χ4v) is 6.58. The van der Waals surface area contributed by atoms with Crippen molar-refractivity contribution >= 4 is 11.9 Å². The van der Waals surface area contributed by atoms with E-state index in [0.717, 1.165) is 75.0 Å². The Morgan fingerprint density at radius 3 is 2.21 bits per heavy atom. The van der Waals surface area contributed by atoms with Gasteiger partial charge in [-0.25, -0.2) is 0 Å². The number of carbonyl (C=O) groups excluding carboxylic acids is 2. The largest absolute Gasteiger partial charge is 0.461 e. The first kappa shape index (κ1) is 34.8. The molecule has 4 aromatic rings. The Balaban J connectivity index is 1.14. The van der Waals surface area contributed by atoms with Gasteiger partial charge in [0.2, 0.25) is 0 Å². The van der Waals surface area contributed by atoms with E-state index in [4.69, 9.17) is 4.74 Å². The number of amides is 1. The quantitative estimate of drug-likeness (QED) is 0.147. The average Bonchev–Trinajstić information content (AvgIpc) is 3.11. The second-order valence-electron chi connectivity index (χ2n) is 12.5. The summed E-state index contributed by atoms with van der Waals surface area (Å²) in [5.74, 6) is -0.440. The van der Waals surface area contributed by atoms with E-state index in [1.54, 1.807) is 36.7 Å². The Labute approximate surface area is 280 Å². The number of hydrogen-bond acceptors (Lipinski definition) is 5. The lowest BCUT2D eigenvalue weighted by molar-refractivity contribution is -0.146. The van der Waals surface area contributed by atoms with Crippen molar-refractivity contribution in [3.05, 3.63) is 126 Å². The van der Waals surface area contributed by atoms with Gasteiger partial charge in [-0.05, 0) is 91.2 Å². The number of likely N-dealkylation sites (tertiary alicyclic amines) is 1. The number of carbonyl (C=O) groups is 2. The maximum absolute atomic E-state index is 13.3. The maximum Gasteiger partial charge on any atom is 0.416 e. The van der Waals surface area contributed by atoms with Crippen LogP contribution < -0.4 is 5.32 Å². The number of pyridine rings is 1. The van der Waals surface area contributed by atoms with Gasteiger partial charge in [0.05, 0.1) is 12.0 Å².